The molecule has 0 saturated carbocycles. The van der Waals surface area contributed by atoms with Crippen molar-refractivity contribution in [2.45, 2.75) is 0 Å². The molecule has 0 spiro atoms. The third kappa shape index (κ3) is 4.65. The van der Waals surface area contributed by atoms with E-state index in [2.05, 4.69) is 16.9 Å². The largest absolute Gasteiger partial charge is 0.490 e. The molecule has 1 saturated heterocycles. The smallest absolute Gasteiger partial charge is 0.264 e. The van der Waals surface area contributed by atoms with Crippen molar-refractivity contribution >= 4 is 40.5 Å². The van der Waals surface area contributed by atoms with Gasteiger partial charge in [-0.05, 0) is 47.7 Å². The topological polar surface area (TPSA) is 93.8 Å². The van der Waals surface area contributed by atoms with Crippen molar-refractivity contribution < 1.29 is 14.3 Å². The van der Waals surface area contributed by atoms with Crippen LogP contribution in [0, 0.1) is 0 Å². The van der Waals surface area contributed by atoms with E-state index in [1.165, 1.54) is 11.8 Å². The molecule has 3 rings (SSSR count). The average Bonchev–Trinajstić information content (AvgIpc) is 3.00. The van der Waals surface area contributed by atoms with Gasteiger partial charge in [0.2, 0.25) is 0 Å². The van der Waals surface area contributed by atoms with Gasteiger partial charge in [-0.3, -0.25) is 9.59 Å². The molecule has 0 radical (unpaired) electrons. The number of carbonyl (C=O) groups excluding carboxylic acids is 2. The maximum Gasteiger partial charge on any atom is 0.264 e. The normalized spacial score (nSPS) is 16.4. The van der Waals surface area contributed by atoms with Crippen molar-refractivity contribution in [2.24, 2.45) is 10.7 Å². The van der Waals surface area contributed by atoms with Crippen LogP contribution in [0.15, 0.2) is 71.1 Å². The van der Waals surface area contributed by atoms with Crippen molar-refractivity contribution in [3.05, 3.63) is 77.2 Å². The summed E-state index contributed by atoms with van der Waals surface area (Å²) in [6.45, 7) is 4.04. The second-order valence-corrected chi connectivity index (χ2v) is 6.56. The van der Waals surface area contributed by atoms with Gasteiger partial charge in [-0.2, -0.15) is 0 Å². The Morgan fingerprint density at radius 1 is 1.22 bits per heavy atom. The summed E-state index contributed by atoms with van der Waals surface area (Å²) in [5.41, 5.74) is 6.93. The van der Waals surface area contributed by atoms with Crippen LogP contribution in [-0.4, -0.2) is 23.6 Å². The molecule has 27 heavy (non-hydrogen) atoms. The second kappa shape index (κ2) is 8.37. The molecule has 0 unspecified atom stereocenters. The van der Waals surface area contributed by atoms with Gasteiger partial charge in [0.05, 0.1) is 16.2 Å². The van der Waals surface area contributed by atoms with Crippen molar-refractivity contribution in [1.82, 2.24) is 5.32 Å². The van der Waals surface area contributed by atoms with Gasteiger partial charge in [0.25, 0.3) is 11.8 Å². The highest BCUT2D eigenvalue weighted by Gasteiger charge is 2.24. The fraction of sp³-hybridized carbons (Fsp3) is 0.0500. The number of amidine groups is 1. The summed E-state index contributed by atoms with van der Waals surface area (Å²) in [6.07, 6.45) is 3.44. The fourth-order valence-corrected chi connectivity index (χ4v) is 3.17. The van der Waals surface area contributed by atoms with E-state index in [1.54, 1.807) is 36.4 Å². The highest BCUT2D eigenvalue weighted by molar-refractivity contribution is 8.18. The molecule has 1 aliphatic rings. The highest BCUT2D eigenvalue weighted by atomic mass is 32.2. The van der Waals surface area contributed by atoms with E-state index in [1.807, 2.05) is 24.3 Å². The number of nitrogens with two attached hydrogens (primary N) is 1. The Hall–Kier alpha value is -3.32. The Morgan fingerprint density at radius 2 is 1.96 bits per heavy atom. The Labute approximate surface area is 160 Å². The van der Waals surface area contributed by atoms with Gasteiger partial charge in [0.1, 0.15) is 12.4 Å². The van der Waals surface area contributed by atoms with Crippen LogP contribution >= 0.6 is 11.8 Å². The molecular formula is C20H17N3O3S. The van der Waals surface area contributed by atoms with E-state index >= 15 is 0 Å². The maximum absolute atomic E-state index is 12.2. The maximum atomic E-state index is 12.2. The van der Waals surface area contributed by atoms with Gasteiger partial charge >= 0.3 is 0 Å². The minimum absolute atomic E-state index is 0.248. The van der Waals surface area contributed by atoms with E-state index in [4.69, 9.17) is 10.5 Å². The summed E-state index contributed by atoms with van der Waals surface area (Å²) < 4.78 is 5.44. The Balaban J connectivity index is 1.78. The number of carbonyl (C=O) groups is 2. The highest BCUT2D eigenvalue weighted by Crippen LogP contribution is 2.29. The van der Waals surface area contributed by atoms with Crippen LogP contribution < -0.4 is 15.8 Å². The number of ether oxygens (including phenoxy) is 1. The van der Waals surface area contributed by atoms with Gasteiger partial charge in [-0.1, -0.05) is 36.9 Å². The molecule has 1 fully saturated rings. The first-order chi connectivity index (χ1) is 13.1. The molecule has 1 heterocycles. The number of aliphatic imine (C=N–C) groups is 1. The lowest BCUT2D eigenvalue weighted by Gasteiger charge is -2.03. The van der Waals surface area contributed by atoms with Gasteiger partial charge in [0, 0.05) is 0 Å². The minimum Gasteiger partial charge on any atom is -0.490 e. The number of hydrogen-bond donors (Lipinski definition) is 2. The summed E-state index contributed by atoms with van der Waals surface area (Å²) in [4.78, 5) is 28.5. The lowest BCUT2D eigenvalue weighted by atomic mass is 10.2. The summed E-state index contributed by atoms with van der Waals surface area (Å²) >= 11 is 1.20. The molecule has 2 aromatic carbocycles. The van der Waals surface area contributed by atoms with Crippen LogP contribution in [0.2, 0.25) is 0 Å². The van der Waals surface area contributed by atoms with Crippen LogP contribution in [0.3, 0.4) is 0 Å². The number of amides is 2. The SMILES string of the molecule is C=CCOc1ccc(/C=C2\SC(=Nc3ccccc3C(N)=O)NC2=O)cc1. The molecule has 6 nitrogen and oxygen atoms in total. The lowest BCUT2D eigenvalue weighted by molar-refractivity contribution is -0.115. The number of thioether (sulfide) groups is 1. The molecule has 2 amide bonds. The Bertz CT molecular complexity index is 949. The third-order valence-electron chi connectivity index (χ3n) is 3.59. The van der Waals surface area contributed by atoms with Crippen LogP contribution in [0.4, 0.5) is 5.69 Å². The Morgan fingerprint density at radius 3 is 2.67 bits per heavy atom. The second-order valence-electron chi connectivity index (χ2n) is 5.53. The number of nitrogens with zero attached hydrogens (tertiary/aromatic N) is 1. The fourth-order valence-electron chi connectivity index (χ4n) is 2.34. The van der Waals surface area contributed by atoms with Crippen LogP contribution in [0.1, 0.15) is 15.9 Å². The standard InChI is InChI=1S/C20H17N3O3S/c1-2-11-26-14-9-7-13(8-10-14)12-17-19(25)23-20(27-17)22-16-6-4-3-5-15(16)18(21)24/h2-10,12H,1,11H2,(H2,21,24)(H,22,23,25)/b17-12-. The minimum atomic E-state index is -0.571. The van der Waals surface area contributed by atoms with E-state index in [9.17, 15) is 9.59 Å². The average molecular weight is 379 g/mol. The molecule has 136 valence electrons. The van der Waals surface area contributed by atoms with E-state index in [-0.39, 0.29) is 5.91 Å². The first-order valence-electron chi connectivity index (χ1n) is 8.09. The summed E-state index contributed by atoms with van der Waals surface area (Å²) in [7, 11) is 0. The summed E-state index contributed by atoms with van der Waals surface area (Å²) in [5.74, 6) is -0.0908. The number of nitrogens with one attached hydrogen (secondary N) is 1. The number of rotatable bonds is 6. The molecular weight excluding hydrogens is 362 g/mol. The third-order valence-corrected chi connectivity index (χ3v) is 4.50. The molecule has 3 N–H and O–H groups in total. The molecule has 0 bridgehead atoms. The van der Waals surface area contributed by atoms with Crippen LogP contribution in [0.25, 0.3) is 6.08 Å². The number of hydrogen-bond acceptors (Lipinski definition) is 5. The first-order valence-corrected chi connectivity index (χ1v) is 8.90. The molecule has 0 aromatic heterocycles. The molecule has 7 heteroatoms. The van der Waals surface area contributed by atoms with Crippen molar-refractivity contribution in [1.29, 1.82) is 0 Å². The van der Waals surface area contributed by atoms with Gasteiger partial charge in [0.15, 0.2) is 5.17 Å². The lowest BCUT2D eigenvalue weighted by Crippen LogP contribution is -2.19. The molecule has 0 aliphatic carbocycles. The zero-order chi connectivity index (χ0) is 19.2. The predicted molar refractivity (Wildman–Crippen MR) is 108 cm³/mol. The number of benzene rings is 2. The van der Waals surface area contributed by atoms with Crippen LogP contribution in [0.5, 0.6) is 5.75 Å². The van der Waals surface area contributed by atoms with Crippen molar-refractivity contribution in [3.8, 4) is 5.75 Å². The van der Waals surface area contributed by atoms with E-state index in [0.29, 0.717) is 27.9 Å². The van der Waals surface area contributed by atoms with Crippen molar-refractivity contribution in [2.75, 3.05) is 6.61 Å². The van der Waals surface area contributed by atoms with E-state index in [0.717, 1.165) is 11.3 Å². The number of para-hydroxylation sites is 1. The quantitative estimate of drug-likeness (QED) is 0.595. The Kier molecular flexibility index (Phi) is 5.73. The molecule has 0 atom stereocenters. The summed E-state index contributed by atoms with van der Waals surface area (Å²) in [5, 5.41) is 3.09. The van der Waals surface area contributed by atoms with Crippen molar-refractivity contribution in [3.63, 3.8) is 0 Å². The zero-order valence-electron chi connectivity index (χ0n) is 14.3. The molecule has 1 aliphatic heterocycles. The van der Waals surface area contributed by atoms with E-state index < -0.39 is 5.91 Å². The molecule has 2 aromatic rings. The summed E-state index contributed by atoms with van der Waals surface area (Å²) in [6, 6.07) is 14.1. The zero-order valence-corrected chi connectivity index (χ0v) is 15.2. The monoisotopic (exact) mass is 379 g/mol. The van der Waals surface area contributed by atoms with Gasteiger partial charge in [-0.25, -0.2) is 4.99 Å². The first kappa shape index (κ1) is 18.5. The van der Waals surface area contributed by atoms with Gasteiger partial charge in [-0.15, -0.1) is 0 Å². The van der Waals surface area contributed by atoms with Crippen LogP contribution in [-0.2, 0) is 4.79 Å². The predicted octanol–water partition coefficient (Wildman–Crippen LogP) is 3.24. The number of primary amides is 1. The van der Waals surface area contributed by atoms with Gasteiger partial charge < -0.3 is 15.8 Å².